The maximum atomic E-state index is 12.4. The third-order valence-electron chi connectivity index (χ3n) is 5.38. The number of nitrogens with zero attached hydrogens (tertiary/aromatic N) is 1. The standard InChI is InChI=1S/C18H18ClNO2/c1-2-20-17(21)15-8-12-5-10-3-4-14(19)7-11(10)6-13(12)9-16(15)18(20)22/h3-4,7,15-16H,2,5-6,8-9H2,1H3. The molecule has 1 aromatic rings. The van der Waals surface area contributed by atoms with Gasteiger partial charge in [-0.2, -0.15) is 0 Å². The molecule has 0 radical (unpaired) electrons. The Bertz CT molecular complexity index is 722. The lowest BCUT2D eigenvalue weighted by molar-refractivity contribution is -0.139. The number of halogens is 1. The highest BCUT2D eigenvalue weighted by Gasteiger charge is 2.49. The Balaban J connectivity index is 1.66. The van der Waals surface area contributed by atoms with Crippen LogP contribution in [0.25, 0.3) is 0 Å². The summed E-state index contributed by atoms with van der Waals surface area (Å²) < 4.78 is 0. The van der Waals surface area contributed by atoms with Gasteiger partial charge in [-0.1, -0.05) is 28.8 Å². The lowest BCUT2D eigenvalue weighted by Gasteiger charge is -2.31. The second-order valence-corrected chi connectivity index (χ2v) is 6.95. The van der Waals surface area contributed by atoms with Gasteiger partial charge in [0, 0.05) is 11.6 Å². The Kier molecular flexibility index (Phi) is 3.15. The van der Waals surface area contributed by atoms with E-state index in [4.69, 9.17) is 11.6 Å². The van der Waals surface area contributed by atoms with Crippen LogP contribution in [0.3, 0.4) is 0 Å². The van der Waals surface area contributed by atoms with Crippen molar-refractivity contribution in [3.8, 4) is 0 Å². The van der Waals surface area contributed by atoms with Gasteiger partial charge in [0.15, 0.2) is 0 Å². The molecule has 2 aliphatic carbocycles. The molecule has 1 fully saturated rings. The number of hydrogen-bond donors (Lipinski definition) is 0. The predicted molar refractivity (Wildman–Crippen MR) is 84.5 cm³/mol. The van der Waals surface area contributed by atoms with Crippen LogP contribution < -0.4 is 0 Å². The molecular formula is C18H18ClNO2. The van der Waals surface area contributed by atoms with Crippen LogP contribution in [0.2, 0.25) is 5.02 Å². The normalized spacial score (nSPS) is 26.9. The fraction of sp³-hybridized carbons (Fsp3) is 0.444. The fourth-order valence-electron chi connectivity index (χ4n) is 4.23. The van der Waals surface area contributed by atoms with Gasteiger partial charge in [-0.3, -0.25) is 14.5 Å². The van der Waals surface area contributed by atoms with Crippen molar-refractivity contribution in [2.75, 3.05) is 6.54 Å². The first-order chi connectivity index (χ1) is 10.6. The van der Waals surface area contributed by atoms with Crippen LogP contribution in [0.15, 0.2) is 29.3 Å². The van der Waals surface area contributed by atoms with Crippen LogP contribution >= 0.6 is 11.6 Å². The van der Waals surface area contributed by atoms with Gasteiger partial charge in [-0.25, -0.2) is 0 Å². The van der Waals surface area contributed by atoms with E-state index in [2.05, 4.69) is 6.07 Å². The number of rotatable bonds is 1. The molecule has 0 spiro atoms. The smallest absolute Gasteiger partial charge is 0.233 e. The van der Waals surface area contributed by atoms with Gasteiger partial charge in [-0.15, -0.1) is 0 Å². The van der Waals surface area contributed by atoms with E-state index in [1.807, 2.05) is 19.1 Å². The van der Waals surface area contributed by atoms with Gasteiger partial charge in [0.25, 0.3) is 0 Å². The molecule has 1 saturated heterocycles. The van der Waals surface area contributed by atoms with Crippen molar-refractivity contribution in [2.24, 2.45) is 11.8 Å². The van der Waals surface area contributed by atoms with Crippen molar-refractivity contribution in [1.82, 2.24) is 4.90 Å². The van der Waals surface area contributed by atoms with Gasteiger partial charge in [-0.05, 0) is 55.9 Å². The lowest BCUT2D eigenvalue weighted by atomic mass is 9.71. The van der Waals surface area contributed by atoms with E-state index in [-0.39, 0.29) is 23.7 Å². The van der Waals surface area contributed by atoms with Crippen molar-refractivity contribution in [3.63, 3.8) is 0 Å². The summed E-state index contributed by atoms with van der Waals surface area (Å²) in [6, 6.07) is 6.06. The van der Waals surface area contributed by atoms with E-state index in [9.17, 15) is 9.59 Å². The topological polar surface area (TPSA) is 37.4 Å². The summed E-state index contributed by atoms with van der Waals surface area (Å²) in [4.78, 5) is 26.3. The number of likely N-dealkylation sites (tertiary alicyclic amines) is 1. The molecular weight excluding hydrogens is 298 g/mol. The van der Waals surface area contributed by atoms with Crippen molar-refractivity contribution < 1.29 is 9.59 Å². The number of carbonyl (C=O) groups excluding carboxylic acids is 2. The number of hydrogen-bond acceptors (Lipinski definition) is 2. The number of imide groups is 1. The first-order valence-corrected chi connectivity index (χ1v) is 8.28. The third kappa shape index (κ3) is 1.95. The summed E-state index contributed by atoms with van der Waals surface area (Å²) >= 11 is 6.10. The maximum absolute atomic E-state index is 12.4. The molecule has 22 heavy (non-hydrogen) atoms. The van der Waals surface area contributed by atoms with E-state index in [1.54, 1.807) is 0 Å². The highest BCUT2D eigenvalue weighted by atomic mass is 35.5. The number of benzene rings is 1. The summed E-state index contributed by atoms with van der Waals surface area (Å²) in [6.45, 7) is 2.36. The van der Waals surface area contributed by atoms with E-state index in [0.717, 1.165) is 30.7 Å². The summed E-state index contributed by atoms with van der Waals surface area (Å²) in [6.07, 6.45) is 3.27. The second kappa shape index (κ2) is 4.95. The molecule has 2 unspecified atom stereocenters. The quantitative estimate of drug-likeness (QED) is 0.590. The van der Waals surface area contributed by atoms with Crippen LogP contribution in [0.5, 0.6) is 0 Å². The van der Waals surface area contributed by atoms with Crippen LogP contribution in [-0.2, 0) is 22.4 Å². The number of carbonyl (C=O) groups is 2. The Morgan fingerprint density at radius 1 is 1.05 bits per heavy atom. The number of fused-ring (bicyclic) bond motifs is 2. The molecule has 3 nitrogen and oxygen atoms in total. The van der Waals surface area contributed by atoms with Crippen LogP contribution in [-0.4, -0.2) is 23.3 Å². The zero-order valence-electron chi connectivity index (χ0n) is 12.6. The highest BCUT2D eigenvalue weighted by molar-refractivity contribution is 6.30. The fourth-order valence-corrected chi connectivity index (χ4v) is 4.42. The SMILES string of the molecule is CCN1C(=O)C2CC3=C(Cc4cc(Cl)ccc4C3)CC2C1=O. The van der Waals surface area contributed by atoms with Crippen LogP contribution in [0, 0.1) is 11.8 Å². The summed E-state index contributed by atoms with van der Waals surface area (Å²) in [5, 5.41) is 0.765. The minimum Gasteiger partial charge on any atom is -0.282 e. The number of amides is 2. The van der Waals surface area contributed by atoms with Crippen molar-refractivity contribution in [1.29, 1.82) is 0 Å². The summed E-state index contributed by atoms with van der Waals surface area (Å²) in [7, 11) is 0. The molecule has 1 aromatic carbocycles. The molecule has 4 heteroatoms. The van der Waals surface area contributed by atoms with E-state index in [0.29, 0.717) is 6.54 Å². The molecule has 1 aliphatic heterocycles. The molecule has 114 valence electrons. The van der Waals surface area contributed by atoms with Crippen LogP contribution in [0.4, 0.5) is 0 Å². The maximum Gasteiger partial charge on any atom is 0.233 e. The van der Waals surface area contributed by atoms with Gasteiger partial charge < -0.3 is 0 Å². The Morgan fingerprint density at radius 2 is 1.64 bits per heavy atom. The van der Waals surface area contributed by atoms with E-state index >= 15 is 0 Å². The molecule has 1 heterocycles. The van der Waals surface area contributed by atoms with Gasteiger partial charge in [0.2, 0.25) is 11.8 Å². The molecule has 0 bridgehead atoms. The minimum absolute atomic E-state index is 0.0286. The van der Waals surface area contributed by atoms with E-state index < -0.39 is 0 Å². The predicted octanol–water partition coefficient (Wildman–Crippen LogP) is 3.15. The first-order valence-electron chi connectivity index (χ1n) is 7.90. The van der Waals surface area contributed by atoms with Crippen molar-refractivity contribution >= 4 is 23.4 Å². The minimum atomic E-state index is -0.132. The van der Waals surface area contributed by atoms with Gasteiger partial charge >= 0.3 is 0 Å². The first kappa shape index (κ1) is 14.0. The molecule has 2 atom stereocenters. The van der Waals surface area contributed by atoms with Crippen molar-refractivity contribution in [2.45, 2.75) is 32.6 Å². The summed E-state index contributed by atoms with van der Waals surface area (Å²) in [5.74, 6) is -0.195. The average Bonchev–Trinajstić information content (AvgIpc) is 2.74. The highest BCUT2D eigenvalue weighted by Crippen LogP contribution is 2.45. The Labute approximate surface area is 134 Å². The molecule has 0 aromatic heterocycles. The molecule has 0 saturated carbocycles. The molecule has 4 rings (SSSR count). The zero-order chi connectivity index (χ0) is 15.4. The Morgan fingerprint density at radius 3 is 2.23 bits per heavy atom. The lowest BCUT2D eigenvalue weighted by Crippen LogP contribution is -2.30. The molecule has 3 aliphatic rings. The number of allylic oxidation sites excluding steroid dienone is 2. The molecule has 2 amide bonds. The second-order valence-electron chi connectivity index (χ2n) is 6.52. The Hall–Kier alpha value is -1.61. The van der Waals surface area contributed by atoms with Crippen LogP contribution in [0.1, 0.15) is 30.9 Å². The summed E-state index contributed by atoms with van der Waals surface area (Å²) in [5.41, 5.74) is 5.31. The van der Waals surface area contributed by atoms with Gasteiger partial charge in [0.05, 0.1) is 11.8 Å². The largest absolute Gasteiger partial charge is 0.282 e. The van der Waals surface area contributed by atoms with Crippen molar-refractivity contribution in [3.05, 3.63) is 45.5 Å². The zero-order valence-corrected chi connectivity index (χ0v) is 13.3. The monoisotopic (exact) mass is 315 g/mol. The third-order valence-corrected chi connectivity index (χ3v) is 5.61. The van der Waals surface area contributed by atoms with Gasteiger partial charge in [0.1, 0.15) is 0 Å². The molecule has 0 N–H and O–H groups in total. The van der Waals surface area contributed by atoms with E-state index in [1.165, 1.54) is 27.2 Å². The average molecular weight is 316 g/mol.